The monoisotopic (exact) mass is 343 g/mol. The van der Waals surface area contributed by atoms with Crippen molar-refractivity contribution in [1.82, 2.24) is 0 Å². The zero-order valence-electron chi connectivity index (χ0n) is 13.2. The van der Waals surface area contributed by atoms with Crippen LogP contribution in [0.3, 0.4) is 0 Å². The fourth-order valence-corrected chi connectivity index (χ4v) is 4.16. The number of halogens is 1. The average molecular weight is 344 g/mol. The fourth-order valence-electron chi connectivity index (χ4n) is 3.99. The molecule has 0 amide bonds. The number of benzene rings is 2. The Morgan fingerprint density at radius 1 is 1.17 bits per heavy atom. The molecule has 1 spiro atoms. The zero-order valence-corrected chi connectivity index (χ0v) is 13.9. The van der Waals surface area contributed by atoms with Crippen LogP contribution in [-0.4, -0.2) is 24.6 Å². The SMILES string of the molecule is O=[N+]([O-])c1ccccc1N1CCC2(CC1)CNc1cc(Cl)ccc12. The van der Waals surface area contributed by atoms with Gasteiger partial charge in [-0.25, -0.2) is 0 Å². The molecule has 5 nitrogen and oxygen atoms in total. The maximum absolute atomic E-state index is 11.3. The number of fused-ring (bicyclic) bond motifs is 2. The van der Waals surface area contributed by atoms with E-state index in [4.69, 9.17) is 11.6 Å². The van der Waals surface area contributed by atoms with E-state index in [2.05, 4.69) is 16.3 Å². The quantitative estimate of drug-likeness (QED) is 0.655. The number of nitro groups is 1. The second-order valence-electron chi connectivity index (χ2n) is 6.56. The van der Waals surface area contributed by atoms with Gasteiger partial charge in [0.15, 0.2) is 0 Å². The van der Waals surface area contributed by atoms with Crippen molar-refractivity contribution in [3.05, 3.63) is 63.2 Å². The number of nitrogens with zero attached hydrogens (tertiary/aromatic N) is 2. The maximum Gasteiger partial charge on any atom is 0.292 e. The van der Waals surface area contributed by atoms with Crippen molar-refractivity contribution < 1.29 is 4.92 Å². The fraction of sp³-hybridized carbons (Fsp3) is 0.333. The van der Waals surface area contributed by atoms with Crippen LogP contribution in [0.2, 0.25) is 5.02 Å². The maximum atomic E-state index is 11.3. The lowest BCUT2D eigenvalue weighted by molar-refractivity contribution is -0.384. The van der Waals surface area contributed by atoms with Gasteiger partial charge in [0.05, 0.1) is 4.92 Å². The van der Waals surface area contributed by atoms with Gasteiger partial charge in [-0.1, -0.05) is 29.8 Å². The van der Waals surface area contributed by atoms with Crippen LogP contribution >= 0.6 is 11.6 Å². The summed E-state index contributed by atoms with van der Waals surface area (Å²) in [6, 6.07) is 13.1. The van der Waals surface area contributed by atoms with Crippen molar-refractivity contribution in [2.45, 2.75) is 18.3 Å². The van der Waals surface area contributed by atoms with Crippen molar-refractivity contribution in [2.24, 2.45) is 0 Å². The molecule has 2 aromatic rings. The number of hydrogen-bond donors (Lipinski definition) is 1. The van der Waals surface area contributed by atoms with Gasteiger partial charge in [0.2, 0.25) is 0 Å². The molecule has 2 aliphatic rings. The Balaban J connectivity index is 1.58. The highest BCUT2D eigenvalue weighted by Gasteiger charge is 2.42. The van der Waals surface area contributed by atoms with Gasteiger partial charge in [0, 0.05) is 41.8 Å². The predicted molar refractivity (Wildman–Crippen MR) is 96.2 cm³/mol. The number of nitro benzene ring substituents is 1. The van der Waals surface area contributed by atoms with E-state index in [9.17, 15) is 10.1 Å². The Kier molecular flexibility index (Phi) is 3.61. The molecule has 0 bridgehead atoms. The molecule has 0 atom stereocenters. The minimum atomic E-state index is -0.297. The summed E-state index contributed by atoms with van der Waals surface area (Å²) in [5.41, 5.74) is 3.47. The Labute approximate surface area is 145 Å². The van der Waals surface area contributed by atoms with Gasteiger partial charge in [-0.05, 0) is 36.6 Å². The Morgan fingerprint density at radius 2 is 1.92 bits per heavy atom. The largest absolute Gasteiger partial charge is 0.384 e. The molecule has 2 aromatic carbocycles. The summed E-state index contributed by atoms with van der Waals surface area (Å²) in [4.78, 5) is 13.1. The van der Waals surface area contributed by atoms with Gasteiger partial charge >= 0.3 is 0 Å². The Bertz CT molecular complexity index is 801. The molecule has 6 heteroatoms. The molecule has 1 fully saturated rings. The molecular weight excluding hydrogens is 326 g/mol. The minimum Gasteiger partial charge on any atom is -0.384 e. The van der Waals surface area contributed by atoms with E-state index in [0.717, 1.165) is 48.9 Å². The first-order valence-electron chi connectivity index (χ1n) is 8.11. The first kappa shape index (κ1) is 15.3. The Hall–Kier alpha value is -2.27. The number of piperidine rings is 1. The molecule has 0 unspecified atom stereocenters. The second kappa shape index (κ2) is 5.67. The lowest BCUT2D eigenvalue weighted by atomic mass is 9.74. The van der Waals surface area contributed by atoms with E-state index in [0.29, 0.717) is 0 Å². The summed E-state index contributed by atoms with van der Waals surface area (Å²) in [6.45, 7) is 2.54. The molecule has 2 heterocycles. The van der Waals surface area contributed by atoms with Gasteiger partial charge in [-0.3, -0.25) is 10.1 Å². The third-order valence-corrected chi connectivity index (χ3v) is 5.54. The lowest BCUT2D eigenvalue weighted by Gasteiger charge is -2.40. The zero-order chi connectivity index (χ0) is 16.7. The topological polar surface area (TPSA) is 58.4 Å². The molecule has 4 rings (SSSR count). The first-order chi connectivity index (χ1) is 11.6. The van der Waals surface area contributed by atoms with Crippen molar-refractivity contribution in [1.29, 1.82) is 0 Å². The van der Waals surface area contributed by atoms with Gasteiger partial charge in [-0.15, -0.1) is 0 Å². The third kappa shape index (κ3) is 2.40. The molecule has 1 N–H and O–H groups in total. The van der Waals surface area contributed by atoms with E-state index in [1.165, 1.54) is 5.56 Å². The molecular formula is C18H18ClN3O2. The molecule has 2 aliphatic heterocycles. The number of para-hydroxylation sites is 2. The average Bonchev–Trinajstić information content (AvgIpc) is 2.93. The smallest absolute Gasteiger partial charge is 0.292 e. The Morgan fingerprint density at radius 3 is 2.67 bits per heavy atom. The summed E-state index contributed by atoms with van der Waals surface area (Å²) in [5, 5.41) is 15.5. The van der Waals surface area contributed by atoms with Crippen molar-refractivity contribution in [3.8, 4) is 0 Å². The van der Waals surface area contributed by atoms with Crippen LogP contribution < -0.4 is 10.2 Å². The molecule has 124 valence electrons. The summed E-state index contributed by atoms with van der Waals surface area (Å²) in [7, 11) is 0. The van der Waals surface area contributed by atoms with Gasteiger partial charge < -0.3 is 10.2 Å². The molecule has 24 heavy (non-hydrogen) atoms. The molecule has 1 saturated heterocycles. The van der Waals surface area contributed by atoms with Gasteiger partial charge in [0.1, 0.15) is 5.69 Å². The number of hydrogen-bond acceptors (Lipinski definition) is 4. The van der Waals surface area contributed by atoms with Crippen molar-refractivity contribution in [3.63, 3.8) is 0 Å². The highest BCUT2D eigenvalue weighted by molar-refractivity contribution is 6.30. The summed E-state index contributed by atoms with van der Waals surface area (Å²) < 4.78 is 0. The molecule has 0 saturated carbocycles. The third-order valence-electron chi connectivity index (χ3n) is 5.31. The number of nitrogens with one attached hydrogen (secondary N) is 1. The molecule has 0 radical (unpaired) electrons. The summed E-state index contributed by atoms with van der Waals surface area (Å²) >= 11 is 6.09. The minimum absolute atomic E-state index is 0.111. The van der Waals surface area contributed by atoms with Crippen LogP contribution in [0.5, 0.6) is 0 Å². The van der Waals surface area contributed by atoms with Crippen LogP contribution in [0.4, 0.5) is 17.1 Å². The van der Waals surface area contributed by atoms with Crippen molar-refractivity contribution >= 4 is 28.7 Å². The van der Waals surface area contributed by atoms with Gasteiger partial charge in [0.25, 0.3) is 5.69 Å². The van der Waals surface area contributed by atoms with E-state index < -0.39 is 0 Å². The highest BCUT2D eigenvalue weighted by Crippen LogP contribution is 2.45. The predicted octanol–water partition coefficient (Wildman–Crippen LogP) is 4.21. The number of rotatable bonds is 2. The molecule has 0 aromatic heterocycles. The van der Waals surface area contributed by atoms with Crippen LogP contribution in [0.25, 0.3) is 0 Å². The van der Waals surface area contributed by atoms with E-state index in [-0.39, 0.29) is 16.0 Å². The van der Waals surface area contributed by atoms with Crippen LogP contribution in [-0.2, 0) is 5.41 Å². The van der Waals surface area contributed by atoms with E-state index >= 15 is 0 Å². The van der Waals surface area contributed by atoms with Crippen molar-refractivity contribution in [2.75, 3.05) is 29.9 Å². The van der Waals surface area contributed by atoms with Crippen LogP contribution in [0.15, 0.2) is 42.5 Å². The van der Waals surface area contributed by atoms with Crippen LogP contribution in [0, 0.1) is 10.1 Å². The van der Waals surface area contributed by atoms with E-state index in [1.54, 1.807) is 12.1 Å². The van der Waals surface area contributed by atoms with Crippen LogP contribution in [0.1, 0.15) is 18.4 Å². The first-order valence-corrected chi connectivity index (χ1v) is 8.49. The second-order valence-corrected chi connectivity index (χ2v) is 6.99. The lowest BCUT2D eigenvalue weighted by Crippen LogP contribution is -2.44. The summed E-state index contributed by atoms with van der Waals surface area (Å²) in [6.07, 6.45) is 1.95. The summed E-state index contributed by atoms with van der Waals surface area (Å²) in [5.74, 6) is 0. The van der Waals surface area contributed by atoms with Gasteiger partial charge in [-0.2, -0.15) is 0 Å². The van der Waals surface area contributed by atoms with E-state index in [1.807, 2.05) is 24.3 Å². The highest BCUT2D eigenvalue weighted by atomic mass is 35.5. The number of anilines is 2. The normalized spacial score (nSPS) is 18.3. The standard InChI is InChI=1S/C18H18ClN3O2/c19-13-5-6-14-15(11-13)20-12-18(14)7-9-21(10-8-18)16-3-1-2-4-17(16)22(23)24/h1-6,11,20H,7-10,12H2. The molecule has 0 aliphatic carbocycles.